The number of aromatic nitrogens is 1. The van der Waals surface area contributed by atoms with Crippen LogP contribution < -0.4 is 25.4 Å². The molecular weight excluding hydrogens is 368 g/mol. The van der Waals surface area contributed by atoms with Gasteiger partial charge in [0.2, 0.25) is 5.88 Å². The van der Waals surface area contributed by atoms with Gasteiger partial charge in [0.05, 0.1) is 19.0 Å². The number of anilines is 1. The van der Waals surface area contributed by atoms with Gasteiger partial charge >= 0.3 is 6.03 Å². The van der Waals surface area contributed by atoms with Crippen LogP contribution in [0.5, 0.6) is 17.4 Å². The highest BCUT2D eigenvalue weighted by Crippen LogP contribution is 2.24. The van der Waals surface area contributed by atoms with Crippen LogP contribution in [0.4, 0.5) is 10.5 Å². The van der Waals surface area contributed by atoms with Crippen molar-refractivity contribution in [3.8, 4) is 17.4 Å². The molecule has 1 aromatic carbocycles. The molecule has 0 unspecified atom stereocenters. The summed E-state index contributed by atoms with van der Waals surface area (Å²) in [6.45, 7) is 1.72. The maximum Gasteiger partial charge on any atom is 0.319 e. The fraction of sp³-hybridized carbons (Fsp3) is 0.368. The summed E-state index contributed by atoms with van der Waals surface area (Å²) in [6, 6.07) is 11.0. The molecule has 1 saturated heterocycles. The molecule has 2 amide bonds. The number of halogens is 1. The van der Waals surface area contributed by atoms with E-state index in [4.69, 9.17) is 9.47 Å². The smallest absolute Gasteiger partial charge is 0.319 e. The maximum absolute atomic E-state index is 11.9. The summed E-state index contributed by atoms with van der Waals surface area (Å²) in [5.74, 6) is 1.79. The Balaban J connectivity index is 0.00000261. The number of hydrogen-bond donors (Lipinski definition) is 3. The van der Waals surface area contributed by atoms with Gasteiger partial charge in [-0.2, -0.15) is 0 Å². The van der Waals surface area contributed by atoms with Crippen LogP contribution in [0, 0.1) is 0 Å². The molecule has 0 radical (unpaired) electrons. The standard InChI is InChI=1S/C19H24N4O3.ClH/c1-25-16-5-2-6-17(12-16)26-18-8-7-15(13-22-18)23-19(24)21-11-9-14-4-3-10-20-14;/h2,5-8,12-14,20H,3-4,9-11H2,1H3,(H2,21,23,24);1H/t14-;/m0./s1. The van der Waals surface area contributed by atoms with Crippen molar-refractivity contribution in [1.29, 1.82) is 0 Å². The Morgan fingerprint density at radius 1 is 1.30 bits per heavy atom. The summed E-state index contributed by atoms with van der Waals surface area (Å²) in [4.78, 5) is 16.1. The Hall–Kier alpha value is -2.51. The number of carbonyl (C=O) groups is 1. The molecular formula is C19H25ClN4O3. The summed E-state index contributed by atoms with van der Waals surface area (Å²) < 4.78 is 10.8. The summed E-state index contributed by atoms with van der Waals surface area (Å²) in [5, 5.41) is 9.04. The van der Waals surface area contributed by atoms with E-state index in [9.17, 15) is 4.79 Å². The molecule has 8 heteroatoms. The molecule has 1 aromatic heterocycles. The number of methoxy groups -OCH3 is 1. The normalized spacial score (nSPS) is 15.5. The lowest BCUT2D eigenvalue weighted by Gasteiger charge is -2.11. The first-order valence-electron chi connectivity index (χ1n) is 8.79. The van der Waals surface area contributed by atoms with E-state index in [1.807, 2.05) is 18.2 Å². The van der Waals surface area contributed by atoms with E-state index in [-0.39, 0.29) is 18.4 Å². The van der Waals surface area contributed by atoms with Crippen LogP contribution >= 0.6 is 12.4 Å². The van der Waals surface area contributed by atoms with Gasteiger partial charge in [-0.1, -0.05) is 6.07 Å². The third-order valence-corrected chi connectivity index (χ3v) is 4.20. The van der Waals surface area contributed by atoms with Crippen molar-refractivity contribution >= 4 is 24.1 Å². The highest BCUT2D eigenvalue weighted by Gasteiger charge is 2.13. The zero-order chi connectivity index (χ0) is 18.2. The second-order valence-electron chi connectivity index (χ2n) is 6.13. The minimum absolute atomic E-state index is 0. The van der Waals surface area contributed by atoms with Gasteiger partial charge in [0.1, 0.15) is 11.5 Å². The first kappa shape index (κ1) is 20.8. The Labute approximate surface area is 165 Å². The van der Waals surface area contributed by atoms with Crippen molar-refractivity contribution < 1.29 is 14.3 Å². The highest BCUT2D eigenvalue weighted by molar-refractivity contribution is 5.89. The summed E-state index contributed by atoms with van der Waals surface area (Å²) >= 11 is 0. The van der Waals surface area contributed by atoms with Gasteiger partial charge in [-0.05, 0) is 44.0 Å². The molecule has 1 aliphatic heterocycles. The SMILES string of the molecule is COc1cccc(Oc2ccc(NC(=O)NCC[C@@H]3CCCN3)cn2)c1.Cl. The maximum atomic E-state index is 11.9. The predicted octanol–water partition coefficient (Wildman–Crippen LogP) is 3.57. The number of nitrogens with one attached hydrogen (secondary N) is 3. The Morgan fingerprint density at radius 2 is 2.15 bits per heavy atom. The molecule has 7 nitrogen and oxygen atoms in total. The number of ether oxygens (including phenoxy) is 2. The summed E-state index contributed by atoms with van der Waals surface area (Å²) in [5.41, 5.74) is 0.611. The average molecular weight is 393 g/mol. The largest absolute Gasteiger partial charge is 0.497 e. The van der Waals surface area contributed by atoms with Gasteiger partial charge < -0.3 is 25.4 Å². The van der Waals surface area contributed by atoms with Crippen molar-refractivity contribution in [3.63, 3.8) is 0 Å². The minimum Gasteiger partial charge on any atom is -0.497 e. The quantitative estimate of drug-likeness (QED) is 0.670. The molecule has 27 heavy (non-hydrogen) atoms. The molecule has 1 aliphatic rings. The Bertz CT molecular complexity index is 721. The average Bonchev–Trinajstić information content (AvgIpc) is 3.17. The molecule has 0 bridgehead atoms. The molecule has 1 atom stereocenters. The van der Waals surface area contributed by atoms with E-state index >= 15 is 0 Å². The van der Waals surface area contributed by atoms with Gasteiger partial charge in [-0.3, -0.25) is 0 Å². The fourth-order valence-electron chi connectivity index (χ4n) is 2.84. The monoisotopic (exact) mass is 392 g/mol. The number of amides is 2. The number of rotatable bonds is 7. The van der Waals surface area contributed by atoms with Crippen molar-refractivity contribution in [3.05, 3.63) is 42.6 Å². The topological polar surface area (TPSA) is 84.5 Å². The van der Waals surface area contributed by atoms with Crippen LogP contribution in [0.25, 0.3) is 0 Å². The molecule has 3 rings (SSSR count). The molecule has 0 saturated carbocycles. The van der Waals surface area contributed by atoms with Crippen molar-refractivity contribution in [2.45, 2.75) is 25.3 Å². The predicted molar refractivity (Wildman–Crippen MR) is 107 cm³/mol. The first-order valence-corrected chi connectivity index (χ1v) is 8.79. The molecule has 1 fully saturated rings. The minimum atomic E-state index is -0.230. The second-order valence-corrected chi connectivity index (χ2v) is 6.13. The zero-order valence-corrected chi connectivity index (χ0v) is 16.1. The van der Waals surface area contributed by atoms with Gasteiger partial charge in [0.15, 0.2) is 0 Å². The molecule has 146 valence electrons. The van der Waals surface area contributed by atoms with Gasteiger partial charge in [-0.25, -0.2) is 9.78 Å². The Kier molecular flexibility index (Phi) is 8.16. The third kappa shape index (κ3) is 6.62. The van der Waals surface area contributed by atoms with Crippen LogP contribution in [0.3, 0.4) is 0 Å². The zero-order valence-electron chi connectivity index (χ0n) is 15.2. The molecule has 2 aromatic rings. The number of hydrogen-bond acceptors (Lipinski definition) is 5. The molecule has 0 aliphatic carbocycles. The molecule has 2 heterocycles. The van der Waals surface area contributed by atoms with E-state index < -0.39 is 0 Å². The van der Waals surface area contributed by atoms with Crippen LogP contribution in [0.1, 0.15) is 19.3 Å². The highest BCUT2D eigenvalue weighted by atomic mass is 35.5. The summed E-state index contributed by atoms with van der Waals surface area (Å²) in [7, 11) is 1.60. The van der Waals surface area contributed by atoms with Gasteiger partial charge in [-0.15, -0.1) is 12.4 Å². The van der Waals surface area contributed by atoms with E-state index in [0.29, 0.717) is 35.7 Å². The number of urea groups is 1. The van der Waals surface area contributed by atoms with Crippen LogP contribution in [-0.4, -0.2) is 37.3 Å². The number of benzene rings is 1. The number of pyridine rings is 1. The van der Waals surface area contributed by atoms with Gasteiger partial charge in [0, 0.05) is 24.7 Å². The molecule has 0 spiro atoms. The van der Waals surface area contributed by atoms with E-state index in [1.54, 1.807) is 31.5 Å². The van der Waals surface area contributed by atoms with E-state index in [0.717, 1.165) is 13.0 Å². The second kappa shape index (κ2) is 10.6. The van der Waals surface area contributed by atoms with Crippen LogP contribution in [-0.2, 0) is 0 Å². The van der Waals surface area contributed by atoms with Crippen LogP contribution in [0.2, 0.25) is 0 Å². The van der Waals surface area contributed by atoms with Crippen molar-refractivity contribution in [2.75, 3.05) is 25.5 Å². The van der Waals surface area contributed by atoms with Crippen molar-refractivity contribution in [1.82, 2.24) is 15.6 Å². The van der Waals surface area contributed by atoms with Crippen molar-refractivity contribution in [2.24, 2.45) is 0 Å². The van der Waals surface area contributed by atoms with E-state index in [1.165, 1.54) is 12.8 Å². The molecule has 3 N–H and O–H groups in total. The number of carbonyl (C=O) groups excluding carboxylic acids is 1. The van der Waals surface area contributed by atoms with E-state index in [2.05, 4.69) is 20.9 Å². The van der Waals surface area contributed by atoms with Crippen LogP contribution in [0.15, 0.2) is 42.6 Å². The third-order valence-electron chi connectivity index (χ3n) is 4.20. The Morgan fingerprint density at radius 3 is 2.85 bits per heavy atom. The summed E-state index contributed by atoms with van der Waals surface area (Å²) in [6.07, 6.45) is 4.90. The lowest BCUT2D eigenvalue weighted by Crippen LogP contribution is -2.33. The first-order chi connectivity index (χ1) is 12.7. The fourth-order valence-corrected chi connectivity index (χ4v) is 2.84. The lowest BCUT2D eigenvalue weighted by atomic mass is 10.1. The van der Waals surface area contributed by atoms with Gasteiger partial charge in [0.25, 0.3) is 0 Å². The lowest BCUT2D eigenvalue weighted by molar-refractivity contribution is 0.251. The number of nitrogens with zero attached hydrogens (tertiary/aromatic N) is 1.